The predicted molar refractivity (Wildman–Crippen MR) is 51.9 cm³/mol. The Morgan fingerprint density at radius 2 is 2.00 bits per heavy atom. The fraction of sp³-hybridized carbons (Fsp3) is 0.545. The van der Waals surface area contributed by atoms with Crippen LogP contribution in [0.1, 0.15) is 6.92 Å². The minimum absolute atomic E-state index is 0.113. The van der Waals surface area contributed by atoms with Gasteiger partial charge in [-0.05, 0) is 6.92 Å². The van der Waals surface area contributed by atoms with E-state index in [2.05, 4.69) is 4.74 Å². The quantitative estimate of drug-likeness (QED) is 0.320. The maximum atomic E-state index is 11.9. The van der Waals surface area contributed by atoms with Crippen molar-refractivity contribution < 1.29 is 19.1 Å². The molecule has 2 saturated heterocycles. The third-order valence-corrected chi connectivity index (χ3v) is 4.08. The van der Waals surface area contributed by atoms with Crippen LogP contribution in [0.3, 0.4) is 0 Å². The first kappa shape index (κ1) is 9.57. The van der Waals surface area contributed by atoms with Crippen molar-refractivity contribution in [3.8, 4) is 0 Å². The van der Waals surface area contributed by atoms with Crippen molar-refractivity contribution in [1.82, 2.24) is 4.90 Å². The number of cyclic esters (lactones) is 2. The molecular weight excluding hydrogens is 210 g/mol. The average molecular weight is 221 g/mol. The van der Waals surface area contributed by atoms with E-state index in [4.69, 9.17) is 0 Å². The molecule has 5 heteroatoms. The minimum Gasteiger partial charge on any atom is -0.393 e. The fourth-order valence-corrected chi connectivity index (χ4v) is 3.01. The summed E-state index contributed by atoms with van der Waals surface area (Å²) >= 11 is 0. The van der Waals surface area contributed by atoms with E-state index in [0.717, 1.165) is 0 Å². The molecular formula is C11H11NO4. The minimum atomic E-state index is -0.722. The van der Waals surface area contributed by atoms with Gasteiger partial charge in [-0.15, -0.1) is 0 Å². The van der Waals surface area contributed by atoms with Crippen LogP contribution in [0.15, 0.2) is 12.2 Å². The standard InChI is InChI=1S/C11H11NO4/c1-11-4-3-5(8(13)12(11)2)6-7(11)10(15)16-9(6)14/h3-7H,1-2H3/t5-,6-,7-,11+/m1/s1. The summed E-state index contributed by atoms with van der Waals surface area (Å²) in [6.07, 6.45) is 3.56. The Morgan fingerprint density at radius 1 is 1.31 bits per heavy atom. The fourth-order valence-electron chi connectivity index (χ4n) is 3.01. The number of amides is 1. The molecule has 2 fully saturated rings. The van der Waals surface area contributed by atoms with Gasteiger partial charge in [-0.2, -0.15) is 0 Å². The van der Waals surface area contributed by atoms with Crippen LogP contribution in [0, 0.1) is 17.8 Å². The maximum absolute atomic E-state index is 11.9. The van der Waals surface area contributed by atoms with Crippen molar-refractivity contribution in [2.24, 2.45) is 17.8 Å². The lowest BCUT2D eigenvalue weighted by atomic mass is 9.63. The predicted octanol–water partition coefficient (Wildman–Crippen LogP) is -0.281. The smallest absolute Gasteiger partial charge is 0.320 e. The molecule has 0 spiro atoms. The van der Waals surface area contributed by atoms with Crippen molar-refractivity contribution in [1.29, 1.82) is 0 Å². The molecule has 84 valence electrons. The highest BCUT2D eigenvalue weighted by Gasteiger charge is 2.65. The Morgan fingerprint density at radius 3 is 2.69 bits per heavy atom. The van der Waals surface area contributed by atoms with Gasteiger partial charge in [0.1, 0.15) is 0 Å². The number of hydrogen-bond acceptors (Lipinski definition) is 4. The van der Waals surface area contributed by atoms with Gasteiger partial charge in [0.15, 0.2) is 0 Å². The Labute approximate surface area is 92.0 Å². The second kappa shape index (κ2) is 2.53. The SMILES string of the molecule is CN1C(=O)[C@@H]2C=C[C@@]1(C)[C@H]1C(=O)OC(=O)[C@H]21. The zero-order valence-corrected chi connectivity index (χ0v) is 8.97. The number of rotatable bonds is 0. The molecule has 3 heterocycles. The largest absolute Gasteiger partial charge is 0.393 e. The molecule has 4 aliphatic rings. The first-order chi connectivity index (χ1) is 7.47. The number of likely N-dealkylation sites (N-methyl/N-ethyl adjacent to an activating group) is 1. The van der Waals surface area contributed by atoms with E-state index < -0.39 is 35.2 Å². The summed E-state index contributed by atoms with van der Waals surface area (Å²) in [6.45, 7) is 1.79. The van der Waals surface area contributed by atoms with Crippen LogP contribution in [0.2, 0.25) is 0 Å². The number of nitrogens with zero attached hydrogens (tertiary/aromatic N) is 1. The van der Waals surface area contributed by atoms with Crippen LogP contribution in [0.4, 0.5) is 0 Å². The Hall–Kier alpha value is -1.65. The van der Waals surface area contributed by atoms with Gasteiger partial charge in [-0.3, -0.25) is 14.4 Å². The van der Waals surface area contributed by atoms with E-state index in [1.54, 1.807) is 24.9 Å². The third kappa shape index (κ3) is 0.809. The lowest BCUT2D eigenvalue weighted by Crippen LogP contribution is -2.64. The van der Waals surface area contributed by atoms with E-state index in [1.165, 1.54) is 0 Å². The molecule has 0 N–H and O–H groups in total. The molecule has 0 aromatic heterocycles. The lowest BCUT2D eigenvalue weighted by Gasteiger charge is -2.51. The number of esters is 2. The van der Waals surface area contributed by atoms with Crippen LogP contribution < -0.4 is 0 Å². The van der Waals surface area contributed by atoms with Crippen LogP contribution in [0.5, 0.6) is 0 Å². The molecule has 5 nitrogen and oxygen atoms in total. The summed E-state index contributed by atoms with van der Waals surface area (Å²) in [4.78, 5) is 36.7. The van der Waals surface area contributed by atoms with Gasteiger partial charge in [0.2, 0.25) is 5.91 Å². The van der Waals surface area contributed by atoms with E-state index in [1.807, 2.05) is 6.08 Å². The first-order valence-electron chi connectivity index (χ1n) is 5.19. The molecule has 4 rings (SSSR count). The molecule has 4 atom stereocenters. The topological polar surface area (TPSA) is 63.7 Å². The van der Waals surface area contributed by atoms with Gasteiger partial charge in [-0.25, -0.2) is 0 Å². The zero-order valence-electron chi connectivity index (χ0n) is 8.97. The molecule has 0 radical (unpaired) electrons. The summed E-state index contributed by atoms with van der Waals surface area (Å²) in [5, 5.41) is 0. The summed E-state index contributed by atoms with van der Waals surface area (Å²) in [6, 6.07) is 0. The highest BCUT2D eigenvalue weighted by atomic mass is 16.6. The van der Waals surface area contributed by atoms with Crippen LogP contribution in [0.25, 0.3) is 0 Å². The zero-order chi connectivity index (χ0) is 11.7. The van der Waals surface area contributed by atoms with E-state index in [-0.39, 0.29) is 5.91 Å². The summed E-state index contributed by atoms with van der Waals surface area (Å²) in [7, 11) is 1.66. The number of carbonyl (C=O) groups excluding carboxylic acids is 3. The molecule has 0 unspecified atom stereocenters. The van der Waals surface area contributed by atoms with Gasteiger partial charge < -0.3 is 9.64 Å². The van der Waals surface area contributed by atoms with Gasteiger partial charge in [0, 0.05) is 7.05 Å². The summed E-state index contributed by atoms with van der Waals surface area (Å²) in [5.74, 6) is -2.87. The first-order valence-corrected chi connectivity index (χ1v) is 5.19. The molecule has 1 amide bonds. The van der Waals surface area contributed by atoms with Crippen molar-refractivity contribution in [2.75, 3.05) is 7.05 Å². The molecule has 1 aliphatic carbocycles. The van der Waals surface area contributed by atoms with Gasteiger partial charge in [0.25, 0.3) is 0 Å². The number of piperidine rings is 1. The molecule has 0 saturated carbocycles. The van der Waals surface area contributed by atoms with Crippen LogP contribution in [-0.2, 0) is 19.1 Å². The molecule has 3 aliphatic heterocycles. The second-order valence-electron chi connectivity index (χ2n) is 4.75. The van der Waals surface area contributed by atoms with Crippen molar-refractivity contribution in [3.63, 3.8) is 0 Å². The Bertz CT molecular complexity index is 455. The number of fused-ring (bicyclic) bond motifs is 1. The number of ether oxygens (including phenoxy) is 1. The Kier molecular flexibility index (Phi) is 1.51. The molecule has 0 aromatic carbocycles. The van der Waals surface area contributed by atoms with Gasteiger partial charge in [0.05, 0.1) is 23.3 Å². The summed E-state index contributed by atoms with van der Waals surface area (Å²) < 4.78 is 4.65. The van der Waals surface area contributed by atoms with Crippen molar-refractivity contribution in [2.45, 2.75) is 12.5 Å². The molecule has 0 aromatic rings. The highest BCUT2D eigenvalue weighted by Crippen LogP contribution is 2.49. The number of carbonyl (C=O) groups is 3. The summed E-state index contributed by atoms with van der Waals surface area (Å²) in [5.41, 5.74) is -0.722. The van der Waals surface area contributed by atoms with Crippen molar-refractivity contribution >= 4 is 17.8 Å². The van der Waals surface area contributed by atoms with E-state index >= 15 is 0 Å². The van der Waals surface area contributed by atoms with E-state index in [0.29, 0.717) is 0 Å². The monoisotopic (exact) mass is 221 g/mol. The highest BCUT2D eigenvalue weighted by molar-refractivity contribution is 6.03. The molecule has 2 bridgehead atoms. The molecule has 16 heavy (non-hydrogen) atoms. The van der Waals surface area contributed by atoms with Crippen molar-refractivity contribution in [3.05, 3.63) is 12.2 Å². The Balaban J connectivity index is 2.20. The average Bonchev–Trinajstić information content (AvgIpc) is 2.53. The van der Waals surface area contributed by atoms with E-state index in [9.17, 15) is 14.4 Å². The lowest BCUT2D eigenvalue weighted by molar-refractivity contribution is -0.155. The van der Waals surface area contributed by atoms with Crippen LogP contribution >= 0.6 is 0 Å². The second-order valence-corrected chi connectivity index (χ2v) is 4.75. The van der Waals surface area contributed by atoms with Gasteiger partial charge >= 0.3 is 11.9 Å². The third-order valence-electron chi connectivity index (χ3n) is 4.08. The number of hydrogen-bond donors (Lipinski definition) is 0. The maximum Gasteiger partial charge on any atom is 0.320 e. The van der Waals surface area contributed by atoms with Crippen LogP contribution in [-0.4, -0.2) is 35.3 Å². The van der Waals surface area contributed by atoms with Gasteiger partial charge in [-0.1, -0.05) is 12.2 Å². The normalized spacial score (nSPS) is 45.0.